The van der Waals surface area contributed by atoms with E-state index in [1.807, 2.05) is 0 Å². The van der Waals surface area contributed by atoms with Crippen LogP contribution in [-0.4, -0.2) is 0 Å². The monoisotopic (exact) mass is 431 g/mol. The Labute approximate surface area is 193 Å². The van der Waals surface area contributed by atoms with Gasteiger partial charge in [0.1, 0.15) is 0 Å². The molecule has 0 saturated carbocycles. The molecule has 0 aliphatic heterocycles. The van der Waals surface area contributed by atoms with Crippen molar-refractivity contribution in [2.24, 2.45) is 0 Å². The van der Waals surface area contributed by atoms with Crippen LogP contribution in [0.25, 0.3) is 0 Å². The highest BCUT2D eigenvalue weighted by Crippen LogP contribution is 2.33. The lowest BCUT2D eigenvalue weighted by molar-refractivity contribution is 0.556. The third-order valence-corrected chi connectivity index (χ3v) is 8.28. The lowest BCUT2D eigenvalue weighted by Gasteiger charge is -2.12. The number of benzene rings is 3. The average Bonchev–Trinajstić information content (AvgIpc) is 2.83. The van der Waals surface area contributed by atoms with Gasteiger partial charge in [-0.1, -0.05) is 119 Å². The second-order valence-electron chi connectivity index (χ2n) is 8.47. The molecule has 0 spiro atoms. The van der Waals surface area contributed by atoms with E-state index in [0.29, 0.717) is 0 Å². The summed E-state index contributed by atoms with van der Waals surface area (Å²) in [5, 5.41) is 0. The molecule has 0 bridgehead atoms. The molecule has 164 valence electrons. The molecular weight excluding hydrogens is 392 g/mol. The minimum atomic E-state index is -0.0407. The van der Waals surface area contributed by atoms with Gasteiger partial charge in [-0.05, 0) is 43.2 Å². The number of unbranched alkanes of at least 4 members (excludes halogenated alkanes) is 9. The van der Waals surface area contributed by atoms with E-state index in [0.717, 1.165) is 0 Å². The summed E-state index contributed by atoms with van der Waals surface area (Å²) in [7, 11) is -0.0407. The van der Waals surface area contributed by atoms with Gasteiger partial charge in [0.25, 0.3) is 0 Å². The fourth-order valence-corrected chi connectivity index (χ4v) is 6.50. The minimum absolute atomic E-state index is 0.0407. The zero-order valence-corrected chi connectivity index (χ0v) is 20.1. The van der Waals surface area contributed by atoms with Crippen molar-refractivity contribution in [1.82, 2.24) is 0 Å². The molecule has 3 rings (SSSR count). The zero-order chi connectivity index (χ0) is 21.6. The summed E-state index contributed by atoms with van der Waals surface area (Å²) in [5.41, 5.74) is 1.53. The van der Waals surface area contributed by atoms with Crippen molar-refractivity contribution < 1.29 is 0 Å². The van der Waals surface area contributed by atoms with Crippen LogP contribution in [0.15, 0.2) is 99.6 Å². The first-order valence-corrected chi connectivity index (χ1v) is 13.5. The maximum Gasteiger partial charge on any atom is 0.169 e. The number of hydrogen-bond donors (Lipinski definition) is 0. The maximum atomic E-state index is 2.36. The fourth-order valence-electron chi connectivity index (χ4n) is 4.22. The van der Waals surface area contributed by atoms with Crippen molar-refractivity contribution in [3.8, 4) is 0 Å². The summed E-state index contributed by atoms with van der Waals surface area (Å²) >= 11 is 0. The van der Waals surface area contributed by atoms with E-state index in [9.17, 15) is 0 Å². The fraction of sp³-hybridized carbons (Fsp3) is 0.400. The highest BCUT2D eigenvalue weighted by Gasteiger charge is 2.30. The Morgan fingerprint density at radius 3 is 1.48 bits per heavy atom. The van der Waals surface area contributed by atoms with Crippen molar-refractivity contribution in [2.75, 3.05) is 0 Å². The van der Waals surface area contributed by atoms with Crippen molar-refractivity contribution in [1.29, 1.82) is 0 Å². The van der Waals surface area contributed by atoms with Gasteiger partial charge in [-0.15, -0.1) is 0 Å². The first kappa shape index (κ1) is 23.7. The molecule has 3 aromatic rings. The predicted octanol–water partition coefficient (Wildman–Crippen LogP) is 9.25. The van der Waals surface area contributed by atoms with Crippen molar-refractivity contribution in [2.45, 2.75) is 92.2 Å². The summed E-state index contributed by atoms with van der Waals surface area (Å²) in [6.45, 7) is 2.29. The van der Waals surface area contributed by atoms with Gasteiger partial charge in [-0.2, -0.15) is 0 Å². The molecule has 0 nitrogen and oxygen atoms in total. The minimum Gasteiger partial charge on any atom is -0.0654 e. The number of hydrogen-bond acceptors (Lipinski definition) is 0. The smallest absolute Gasteiger partial charge is 0.0654 e. The lowest BCUT2D eigenvalue weighted by Crippen LogP contribution is -2.08. The summed E-state index contributed by atoms with van der Waals surface area (Å²) in [6, 6.07) is 31.2. The molecule has 3 aromatic carbocycles. The van der Waals surface area contributed by atoms with Gasteiger partial charge in [0.15, 0.2) is 14.7 Å². The van der Waals surface area contributed by atoms with Crippen molar-refractivity contribution >= 4 is 10.9 Å². The molecule has 0 unspecified atom stereocenters. The normalized spacial score (nSPS) is 11.2. The third kappa shape index (κ3) is 7.89. The molecule has 0 aromatic heterocycles. The van der Waals surface area contributed by atoms with Crippen LogP contribution in [0.5, 0.6) is 0 Å². The predicted molar refractivity (Wildman–Crippen MR) is 137 cm³/mol. The van der Waals surface area contributed by atoms with Crippen molar-refractivity contribution in [3.63, 3.8) is 0 Å². The van der Waals surface area contributed by atoms with Gasteiger partial charge in [0.2, 0.25) is 0 Å². The summed E-state index contributed by atoms with van der Waals surface area (Å²) in [5.74, 6) is 0. The Kier molecular flexibility index (Phi) is 10.8. The topological polar surface area (TPSA) is 0 Å². The van der Waals surface area contributed by atoms with E-state index in [-0.39, 0.29) is 10.9 Å². The Morgan fingerprint density at radius 1 is 0.484 bits per heavy atom. The highest BCUT2D eigenvalue weighted by atomic mass is 32.2. The molecule has 0 fully saturated rings. The highest BCUT2D eigenvalue weighted by molar-refractivity contribution is 7.97. The number of aryl methyl sites for hydroxylation is 1. The lowest BCUT2D eigenvalue weighted by atomic mass is 10.0. The van der Waals surface area contributed by atoms with E-state index in [1.165, 1.54) is 90.9 Å². The Bertz CT molecular complexity index is 801. The van der Waals surface area contributed by atoms with Gasteiger partial charge in [-0.3, -0.25) is 0 Å². The molecule has 31 heavy (non-hydrogen) atoms. The molecule has 0 aliphatic carbocycles. The largest absolute Gasteiger partial charge is 0.169 e. The summed E-state index contributed by atoms with van der Waals surface area (Å²) < 4.78 is 0. The average molecular weight is 432 g/mol. The van der Waals surface area contributed by atoms with Crippen LogP contribution in [-0.2, 0) is 17.3 Å². The Balaban J connectivity index is 1.58. The van der Waals surface area contributed by atoms with Crippen LogP contribution in [0.3, 0.4) is 0 Å². The van der Waals surface area contributed by atoms with Crippen LogP contribution in [0.4, 0.5) is 0 Å². The zero-order valence-electron chi connectivity index (χ0n) is 19.3. The van der Waals surface area contributed by atoms with E-state index in [1.54, 1.807) is 0 Å². The van der Waals surface area contributed by atoms with Crippen LogP contribution < -0.4 is 0 Å². The first-order valence-electron chi connectivity index (χ1n) is 12.3. The summed E-state index contributed by atoms with van der Waals surface area (Å²) in [4.78, 5) is 4.31. The van der Waals surface area contributed by atoms with Gasteiger partial charge in [0.05, 0.1) is 10.9 Å². The van der Waals surface area contributed by atoms with Gasteiger partial charge in [-0.25, -0.2) is 0 Å². The third-order valence-electron chi connectivity index (χ3n) is 5.95. The van der Waals surface area contributed by atoms with E-state index >= 15 is 0 Å². The quantitative estimate of drug-likeness (QED) is 0.176. The first-order chi connectivity index (χ1) is 15.4. The maximum absolute atomic E-state index is 2.36. The standard InChI is InChI=1S/C30H39S/c1-2-3-4-5-6-7-8-9-10-13-20-27-21-18-19-26-30(27)31(28-22-14-11-15-23-28)29-24-16-12-17-25-29/h11-12,14-19,21-26H,2-10,13,20H2,1H3/q+1. The van der Waals surface area contributed by atoms with E-state index in [2.05, 4.69) is 91.9 Å². The van der Waals surface area contributed by atoms with Crippen molar-refractivity contribution in [3.05, 3.63) is 90.5 Å². The van der Waals surface area contributed by atoms with E-state index in [4.69, 9.17) is 0 Å². The summed E-state index contributed by atoms with van der Waals surface area (Å²) in [6.07, 6.45) is 15.1. The second-order valence-corrected chi connectivity index (χ2v) is 10.5. The molecular formula is C30H39S+. The van der Waals surface area contributed by atoms with Gasteiger partial charge >= 0.3 is 0 Å². The van der Waals surface area contributed by atoms with Crippen LogP contribution >= 0.6 is 0 Å². The molecule has 0 atom stereocenters. The molecule has 0 aliphatic rings. The van der Waals surface area contributed by atoms with Crippen LogP contribution in [0.1, 0.15) is 76.7 Å². The van der Waals surface area contributed by atoms with Gasteiger partial charge < -0.3 is 0 Å². The van der Waals surface area contributed by atoms with Crippen LogP contribution in [0.2, 0.25) is 0 Å². The Hall–Kier alpha value is -1.99. The second kappa shape index (κ2) is 14.1. The van der Waals surface area contributed by atoms with Crippen LogP contribution in [0, 0.1) is 0 Å². The van der Waals surface area contributed by atoms with Gasteiger partial charge in [0, 0.05) is 5.56 Å². The van der Waals surface area contributed by atoms with E-state index < -0.39 is 0 Å². The molecule has 0 radical (unpaired) electrons. The number of rotatable bonds is 14. The molecule has 1 heteroatoms. The molecule has 0 saturated heterocycles. The SMILES string of the molecule is CCCCCCCCCCCCc1ccccc1[S+](c1ccccc1)c1ccccc1. The molecule has 0 heterocycles. The molecule has 0 N–H and O–H groups in total. The Morgan fingerprint density at radius 2 is 0.935 bits per heavy atom. The molecule has 0 amide bonds.